The van der Waals surface area contributed by atoms with Gasteiger partial charge in [-0.25, -0.2) is 4.39 Å². The number of hydrogen-bond acceptors (Lipinski definition) is 5. The molecule has 1 unspecified atom stereocenters. The van der Waals surface area contributed by atoms with Gasteiger partial charge in [0, 0.05) is 48.9 Å². The van der Waals surface area contributed by atoms with Gasteiger partial charge in [0.05, 0.1) is 22.9 Å². The van der Waals surface area contributed by atoms with E-state index in [2.05, 4.69) is 15.3 Å². The van der Waals surface area contributed by atoms with Crippen LogP contribution in [0.4, 0.5) is 10.1 Å². The molecule has 7 nitrogen and oxygen atoms in total. The average Bonchev–Trinajstić information content (AvgIpc) is 3.38. The topological polar surface area (TPSA) is 85.4 Å². The number of amides is 1. The smallest absolute Gasteiger partial charge is 0.219 e. The zero-order valence-electron chi connectivity index (χ0n) is 21.0. The van der Waals surface area contributed by atoms with E-state index in [-0.39, 0.29) is 10.9 Å². The second-order valence-corrected chi connectivity index (χ2v) is 10.1. The van der Waals surface area contributed by atoms with Gasteiger partial charge in [0.25, 0.3) is 0 Å². The molecule has 0 spiro atoms. The lowest BCUT2D eigenvalue weighted by Gasteiger charge is -2.32. The van der Waals surface area contributed by atoms with Gasteiger partial charge in [-0.2, -0.15) is 5.10 Å². The van der Waals surface area contributed by atoms with E-state index in [1.165, 1.54) is 12.1 Å². The minimum atomic E-state index is -0.613. The number of ether oxygens (including phenoxy) is 1. The van der Waals surface area contributed by atoms with Crippen molar-refractivity contribution < 1.29 is 13.9 Å². The maximum Gasteiger partial charge on any atom is 0.219 e. The Morgan fingerprint density at radius 2 is 2.00 bits per heavy atom. The van der Waals surface area contributed by atoms with Crippen molar-refractivity contribution in [2.45, 2.75) is 44.8 Å². The number of carbonyl (C=O) groups excluding carboxylic acids is 1. The first-order valence-electron chi connectivity index (χ1n) is 12.4. The van der Waals surface area contributed by atoms with E-state index in [4.69, 9.17) is 33.7 Å². The van der Waals surface area contributed by atoms with Crippen LogP contribution in [-0.2, 0) is 4.79 Å². The fraction of sp³-hybridized carbons (Fsp3) is 0.407. The molecule has 1 saturated heterocycles. The third kappa shape index (κ3) is 6.55. The van der Waals surface area contributed by atoms with Gasteiger partial charge >= 0.3 is 0 Å². The molecule has 0 aliphatic carbocycles. The Balaban J connectivity index is 1.40. The number of hydrogen-bond donors (Lipinski definition) is 2. The summed E-state index contributed by atoms with van der Waals surface area (Å²) >= 11 is 12.4. The summed E-state index contributed by atoms with van der Waals surface area (Å²) in [6.45, 7) is 4.65. The number of aromatic nitrogens is 2. The standard InChI is InChI=1S/C27H32Cl2FN5O2/c1-17(26-21(28)6-7-22(30)27(26)29)37-24-14-18(5-8-23(24)31)19-15-33-35(16-19)20-9-12-34(13-10-20)11-3-4-25(36)32-2/h5-8,14-17,20H,3-4,9-13,31H2,1-2H3,(H,32,36). The number of piperidine rings is 1. The summed E-state index contributed by atoms with van der Waals surface area (Å²) in [4.78, 5) is 13.8. The van der Waals surface area contributed by atoms with Crippen molar-refractivity contribution in [1.29, 1.82) is 0 Å². The van der Waals surface area contributed by atoms with E-state index in [1.54, 1.807) is 20.0 Å². The molecule has 4 rings (SSSR count). The molecule has 3 aromatic rings. The lowest BCUT2D eigenvalue weighted by Crippen LogP contribution is -2.35. The van der Waals surface area contributed by atoms with Crippen LogP contribution in [0.5, 0.6) is 5.75 Å². The number of nitrogens with zero attached hydrogens (tertiary/aromatic N) is 3. The second-order valence-electron chi connectivity index (χ2n) is 9.33. The molecule has 3 N–H and O–H groups in total. The summed E-state index contributed by atoms with van der Waals surface area (Å²) in [5, 5.41) is 7.56. The number of rotatable bonds is 9. The highest BCUT2D eigenvalue weighted by Gasteiger charge is 2.22. The number of nitrogens with one attached hydrogen (secondary N) is 1. The van der Waals surface area contributed by atoms with Crippen LogP contribution >= 0.6 is 23.2 Å². The number of carbonyl (C=O) groups is 1. The normalized spacial score (nSPS) is 15.5. The maximum atomic E-state index is 14.0. The van der Waals surface area contributed by atoms with Crippen LogP contribution in [0.25, 0.3) is 11.1 Å². The molecular weight excluding hydrogens is 516 g/mol. The quantitative estimate of drug-likeness (QED) is 0.258. The highest BCUT2D eigenvalue weighted by atomic mass is 35.5. The van der Waals surface area contributed by atoms with E-state index < -0.39 is 11.9 Å². The summed E-state index contributed by atoms with van der Waals surface area (Å²) < 4.78 is 22.1. The van der Waals surface area contributed by atoms with Gasteiger partial charge in [0.1, 0.15) is 17.7 Å². The zero-order chi connectivity index (χ0) is 26.5. The van der Waals surface area contributed by atoms with Crippen LogP contribution in [-0.4, -0.2) is 47.3 Å². The Kier molecular flexibility index (Phi) is 8.95. The van der Waals surface area contributed by atoms with Crippen LogP contribution in [0.2, 0.25) is 10.0 Å². The largest absolute Gasteiger partial charge is 0.484 e. The van der Waals surface area contributed by atoms with Crippen molar-refractivity contribution in [3.63, 3.8) is 0 Å². The van der Waals surface area contributed by atoms with Gasteiger partial charge in [0.2, 0.25) is 5.91 Å². The lowest BCUT2D eigenvalue weighted by atomic mass is 10.0. The average molecular weight is 548 g/mol. The molecule has 10 heteroatoms. The van der Waals surface area contributed by atoms with Crippen molar-refractivity contribution in [2.24, 2.45) is 0 Å². The monoisotopic (exact) mass is 547 g/mol. The molecule has 1 amide bonds. The number of likely N-dealkylation sites (tertiary alicyclic amines) is 1. The summed E-state index contributed by atoms with van der Waals surface area (Å²) in [7, 11) is 1.67. The van der Waals surface area contributed by atoms with Crippen molar-refractivity contribution in [1.82, 2.24) is 20.0 Å². The zero-order valence-corrected chi connectivity index (χ0v) is 22.5. The van der Waals surface area contributed by atoms with E-state index in [1.807, 2.05) is 29.2 Å². The number of halogens is 3. The molecule has 37 heavy (non-hydrogen) atoms. The first-order valence-corrected chi connectivity index (χ1v) is 13.2. The lowest BCUT2D eigenvalue weighted by molar-refractivity contribution is -0.120. The van der Waals surface area contributed by atoms with Gasteiger partial charge < -0.3 is 20.7 Å². The van der Waals surface area contributed by atoms with E-state index in [0.29, 0.717) is 34.5 Å². The number of anilines is 1. The Morgan fingerprint density at radius 3 is 2.73 bits per heavy atom. The number of nitrogen functional groups attached to an aromatic ring is 1. The van der Waals surface area contributed by atoms with Crippen LogP contribution in [0.1, 0.15) is 50.3 Å². The molecule has 1 aromatic heterocycles. The first-order chi connectivity index (χ1) is 17.8. The van der Waals surface area contributed by atoms with Gasteiger partial charge in [0.15, 0.2) is 0 Å². The predicted octanol–water partition coefficient (Wildman–Crippen LogP) is 5.88. The summed E-state index contributed by atoms with van der Waals surface area (Å²) in [5.74, 6) is -0.00853. The van der Waals surface area contributed by atoms with Gasteiger partial charge in [-0.15, -0.1) is 0 Å². The molecule has 1 atom stereocenters. The Morgan fingerprint density at radius 1 is 1.24 bits per heavy atom. The SMILES string of the molecule is CNC(=O)CCCN1CCC(n2cc(-c3ccc(N)c(OC(C)c4c(Cl)ccc(F)c4Cl)c3)cn2)CC1. The van der Waals surface area contributed by atoms with Crippen molar-refractivity contribution >= 4 is 34.8 Å². The predicted molar refractivity (Wildman–Crippen MR) is 146 cm³/mol. The fourth-order valence-corrected chi connectivity index (χ4v) is 5.34. The van der Waals surface area contributed by atoms with Crippen LogP contribution in [0.3, 0.4) is 0 Å². The molecule has 1 fully saturated rings. The minimum absolute atomic E-state index is 0.0616. The highest BCUT2D eigenvalue weighted by Crippen LogP contribution is 2.37. The molecule has 2 aromatic carbocycles. The molecule has 2 heterocycles. The first kappa shape index (κ1) is 27.2. The minimum Gasteiger partial charge on any atom is -0.484 e. The third-order valence-electron chi connectivity index (χ3n) is 6.83. The molecule has 198 valence electrons. The maximum absolute atomic E-state index is 14.0. The summed E-state index contributed by atoms with van der Waals surface area (Å²) in [6, 6.07) is 8.56. The number of nitrogens with two attached hydrogens (primary N) is 1. The molecule has 0 saturated carbocycles. The molecule has 0 radical (unpaired) electrons. The van der Waals surface area contributed by atoms with E-state index >= 15 is 0 Å². The van der Waals surface area contributed by atoms with Crippen LogP contribution in [0.15, 0.2) is 42.7 Å². The Hall–Kier alpha value is -2.81. The van der Waals surface area contributed by atoms with Crippen LogP contribution < -0.4 is 15.8 Å². The Labute approximate surface area is 226 Å². The van der Waals surface area contributed by atoms with Gasteiger partial charge in [-0.1, -0.05) is 29.3 Å². The summed E-state index contributed by atoms with van der Waals surface area (Å²) in [5.41, 5.74) is 8.87. The molecule has 0 bridgehead atoms. The van der Waals surface area contributed by atoms with E-state index in [0.717, 1.165) is 50.0 Å². The van der Waals surface area contributed by atoms with Gasteiger partial charge in [-0.3, -0.25) is 9.48 Å². The summed E-state index contributed by atoms with van der Waals surface area (Å²) in [6.07, 6.45) is 6.71. The van der Waals surface area contributed by atoms with Gasteiger partial charge in [-0.05, 0) is 62.6 Å². The third-order valence-corrected chi connectivity index (χ3v) is 7.54. The highest BCUT2D eigenvalue weighted by molar-refractivity contribution is 6.36. The molecule has 1 aliphatic rings. The second kappa shape index (κ2) is 12.2. The molecular formula is C27H32Cl2FN5O2. The van der Waals surface area contributed by atoms with E-state index in [9.17, 15) is 9.18 Å². The van der Waals surface area contributed by atoms with Crippen molar-refractivity contribution in [3.8, 4) is 16.9 Å². The fourth-order valence-electron chi connectivity index (χ4n) is 4.66. The van der Waals surface area contributed by atoms with Crippen LogP contribution in [0, 0.1) is 5.82 Å². The Bertz CT molecular complexity index is 1240. The number of benzene rings is 2. The van der Waals surface area contributed by atoms with Crippen molar-refractivity contribution in [3.05, 3.63) is 64.2 Å². The molecule has 1 aliphatic heterocycles. The van der Waals surface area contributed by atoms with Crippen molar-refractivity contribution in [2.75, 3.05) is 32.4 Å².